The lowest BCUT2D eigenvalue weighted by Crippen LogP contribution is -2.31. The Morgan fingerprint density at radius 1 is 1.33 bits per heavy atom. The second-order valence-corrected chi connectivity index (χ2v) is 2.97. The molecule has 0 heterocycles. The average molecular weight is 233 g/mol. The summed E-state index contributed by atoms with van der Waals surface area (Å²) in [6.45, 7) is 0. The van der Waals surface area contributed by atoms with Crippen molar-refractivity contribution in [2.75, 3.05) is 0 Å². The van der Waals surface area contributed by atoms with Crippen molar-refractivity contribution < 1.29 is 9.28 Å². The van der Waals surface area contributed by atoms with Crippen molar-refractivity contribution in [3.05, 3.63) is 34.3 Å². The van der Waals surface area contributed by atoms with Crippen LogP contribution in [-0.2, 0) is 0 Å². The molecule has 1 rings (SSSR count). The number of hydrazine groups is 1. The molecule has 1 aromatic carbocycles. The average Bonchev–Trinajstić information content (AvgIpc) is 2.06. The van der Waals surface area contributed by atoms with Gasteiger partial charge in [-0.1, -0.05) is 21.6 Å². The van der Waals surface area contributed by atoms with Crippen LogP contribution in [0.4, 0.5) is 4.48 Å². The summed E-state index contributed by atoms with van der Waals surface area (Å²) in [7, 11) is 0. The monoisotopic (exact) mass is 232 g/mol. The van der Waals surface area contributed by atoms with E-state index in [1.165, 1.54) is 0 Å². The number of carbonyl (C=O) groups excluding carboxylic acids is 1. The number of carbonyl (C=O) groups is 1. The van der Waals surface area contributed by atoms with Crippen LogP contribution in [0.3, 0.4) is 0 Å². The van der Waals surface area contributed by atoms with E-state index in [-0.39, 0.29) is 0 Å². The zero-order valence-electron chi connectivity index (χ0n) is 5.97. The van der Waals surface area contributed by atoms with Crippen molar-refractivity contribution in [1.29, 1.82) is 0 Å². The first-order chi connectivity index (χ1) is 5.74. The minimum absolute atomic E-state index is 0.392. The topological polar surface area (TPSA) is 41.1 Å². The summed E-state index contributed by atoms with van der Waals surface area (Å²) < 4.78 is 12.3. The van der Waals surface area contributed by atoms with Crippen LogP contribution in [0.2, 0.25) is 0 Å². The van der Waals surface area contributed by atoms with Crippen molar-refractivity contribution in [3.8, 4) is 0 Å². The lowest BCUT2D eigenvalue weighted by Gasteiger charge is -1.99. The number of halogens is 2. The van der Waals surface area contributed by atoms with E-state index in [9.17, 15) is 9.28 Å². The van der Waals surface area contributed by atoms with Crippen LogP contribution < -0.4 is 11.1 Å². The van der Waals surface area contributed by atoms with E-state index in [0.29, 0.717) is 5.56 Å². The number of amides is 1. The van der Waals surface area contributed by atoms with E-state index in [1.807, 2.05) is 5.43 Å². The molecule has 2 N–H and O–H groups in total. The molecule has 3 nitrogen and oxygen atoms in total. The highest BCUT2D eigenvalue weighted by atomic mass is 79.9. The van der Waals surface area contributed by atoms with Gasteiger partial charge in [-0.3, -0.25) is 10.2 Å². The quantitative estimate of drug-likeness (QED) is 0.601. The standard InChI is InChI=1S/C7H6BrFN2O/c8-6-3-1-5(2-4-6)7(12)10-11-9/h1-4,11H,(H,10,12). The van der Waals surface area contributed by atoms with Gasteiger partial charge in [-0.05, 0) is 24.3 Å². The maximum atomic E-state index is 11.4. The summed E-state index contributed by atoms with van der Waals surface area (Å²) in [5.41, 5.74) is 3.27. The van der Waals surface area contributed by atoms with Gasteiger partial charge in [-0.25, -0.2) is 0 Å². The van der Waals surface area contributed by atoms with Crippen LogP contribution in [0.1, 0.15) is 10.4 Å². The van der Waals surface area contributed by atoms with Crippen LogP contribution in [-0.4, -0.2) is 5.91 Å². The third-order valence-electron chi connectivity index (χ3n) is 1.27. The SMILES string of the molecule is O=C(NNF)c1ccc(Br)cc1. The van der Waals surface area contributed by atoms with Crippen molar-refractivity contribution in [2.45, 2.75) is 0 Å². The van der Waals surface area contributed by atoms with Crippen LogP contribution in [0.15, 0.2) is 28.7 Å². The van der Waals surface area contributed by atoms with Crippen molar-refractivity contribution in [3.63, 3.8) is 0 Å². The zero-order valence-corrected chi connectivity index (χ0v) is 7.56. The van der Waals surface area contributed by atoms with E-state index in [4.69, 9.17) is 0 Å². The molecule has 0 aliphatic carbocycles. The molecule has 64 valence electrons. The molecule has 0 spiro atoms. The maximum absolute atomic E-state index is 11.4. The minimum atomic E-state index is -0.509. The van der Waals surface area contributed by atoms with Gasteiger partial charge in [0.15, 0.2) is 0 Å². The predicted octanol–water partition coefficient (Wildman–Crippen LogP) is 1.57. The van der Waals surface area contributed by atoms with Gasteiger partial charge in [0.1, 0.15) is 0 Å². The highest BCUT2D eigenvalue weighted by molar-refractivity contribution is 9.10. The molecule has 1 aromatic rings. The fourth-order valence-corrected chi connectivity index (χ4v) is 0.981. The highest BCUT2D eigenvalue weighted by Crippen LogP contribution is 2.09. The van der Waals surface area contributed by atoms with Gasteiger partial charge in [0.25, 0.3) is 5.91 Å². The van der Waals surface area contributed by atoms with Gasteiger partial charge in [-0.2, -0.15) is 0 Å². The third-order valence-corrected chi connectivity index (χ3v) is 1.80. The summed E-state index contributed by atoms with van der Waals surface area (Å²) in [6, 6.07) is 6.56. The Balaban J connectivity index is 2.75. The molecule has 0 saturated heterocycles. The number of nitrogens with one attached hydrogen (secondary N) is 2. The van der Waals surface area contributed by atoms with Crippen LogP contribution >= 0.6 is 15.9 Å². The van der Waals surface area contributed by atoms with Crippen LogP contribution in [0, 0.1) is 0 Å². The smallest absolute Gasteiger partial charge is 0.267 e. The largest absolute Gasteiger partial charge is 0.268 e. The minimum Gasteiger partial charge on any atom is -0.268 e. The Hall–Kier alpha value is -0.940. The first-order valence-electron chi connectivity index (χ1n) is 3.15. The summed E-state index contributed by atoms with van der Waals surface area (Å²) in [6.07, 6.45) is 0. The summed E-state index contributed by atoms with van der Waals surface area (Å²) >= 11 is 3.21. The molecule has 0 bridgehead atoms. The Bertz CT molecular complexity index is 275. The molecule has 0 atom stereocenters. The van der Waals surface area contributed by atoms with E-state index < -0.39 is 5.91 Å². The second kappa shape index (κ2) is 4.18. The number of hydrogen-bond acceptors (Lipinski definition) is 2. The molecule has 0 unspecified atom stereocenters. The molecule has 0 aliphatic rings. The van der Waals surface area contributed by atoms with Gasteiger partial charge in [-0.15, -0.1) is 4.48 Å². The molecular weight excluding hydrogens is 227 g/mol. The van der Waals surface area contributed by atoms with Crippen LogP contribution in [0.5, 0.6) is 0 Å². The highest BCUT2D eigenvalue weighted by Gasteiger charge is 2.02. The molecule has 0 aliphatic heterocycles. The van der Waals surface area contributed by atoms with Crippen molar-refractivity contribution in [1.82, 2.24) is 11.1 Å². The number of hydrogen-bond donors (Lipinski definition) is 2. The second-order valence-electron chi connectivity index (χ2n) is 2.06. The molecule has 0 aromatic heterocycles. The number of rotatable bonds is 2. The molecule has 0 radical (unpaired) electrons. The fourth-order valence-electron chi connectivity index (χ4n) is 0.716. The van der Waals surface area contributed by atoms with Gasteiger partial charge in [0.05, 0.1) is 0 Å². The zero-order chi connectivity index (χ0) is 8.97. The Labute approximate surface area is 77.0 Å². The first kappa shape index (κ1) is 9.15. The van der Waals surface area contributed by atoms with E-state index >= 15 is 0 Å². The van der Waals surface area contributed by atoms with E-state index in [0.717, 1.165) is 10.1 Å². The summed E-state index contributed by atoms with van der Waals surface area (Å²) in [5.74, 6) is -0.509. The van der Waals surface area contributed by atoms with Gasteiger partial charge in [0, 0.05) is 10.0 Å². The lowest BCUT2D eigenvalue weighted by atomic mass is 10.2. The maximum Gasteiger partial charge on any atom is 0.267 e. The van der Waals surface area contributed by atoms with E-state index in [1.54, 1.807) is 24.3 Å². The Morgan fingerprint density at radius 2 is 1.92 bits per heavy atom. The Kier molecular flexibility index (Phi) is 3.19. The normalized spacial score (nSPS) is 9.50. The molecule has 0 fully saturated rings. The van der Waals surface area contributed by atoms with E-state index in [2.05, 4.69) is 15.9 Å². The van der Waals surface area contributed by atoms with Gasteiger partial charge in [0.2, 0.25) is 0 Å². The molecule has 12 heavy (non-hydrogen) atoms. The molecule has 1 amide bonds. The lowest BCUT2D eigenvalue weighted by molar-refractivity contribution is 0.0881. The predicted molar refractivity (Wildman–Crippen MR) is 45.9 cm³/mol. The molecular formula is C7H6BrFN2O. The van der Waals surface area contributed by atoms with Gasteiger partial charge >= 0.3 is 0 Å². The molecule has 0 saturated carbocycles. The van der Waals surface area contributed by atoms with Crippen molar-refractivity contribution >= 4 is 21.8 Å². The fraction of sp³-hybridized carbons (Fsp3) is 0. The number of benzene rings is 1. The van der Waals surface area contributed by atoms with Gasteiger partial charge < -0.3 is 0 Å². The summed E-state index contributed by atoms with van der Waals surface area (Å²) in [5, 5.41) is 0. The first-order valence-corrected chi connectivity index (χ1v) is 3.95. The molecule has 5 heteroatoms. The summed E-state index contributed by atoms with van der Waals surface area (Å²) in [4.78, 5) is 10.9. The van der Waals surface area contributed by atoms with Crippen LogP contribution in [0.25, 0.3) is 0 Å². The Morgan fingerprint density at radius 3 is 2.42 bits per heavy atom. The van der Waals surface area contributed by atoms with Crippen molar-refractivity contribution in [2.24, 2.45) is 0 Å². The third kappa shape index (κ3) is 2.28.